The molecule has 0 bridgehead atoms. The standard InChI is InChI=1S/C13H11BrN4/c1-7-4-8(14)2-3-10(7)12-17-11-5-9(15)6-16-13(11)18-12/h2-6H,15H2,1H3,(H,16,17,18). The lowest BCUT2D eigenvalue weighted by Gasteiger charge is -2.02. The van der Waals surface area contributed by atoms with Crippen LogP contribution in [0.5, 0.6) is 0 Å². The summed E-state index contributed by atoms with van der Waals surface area (Å²) in [6.07, 6.45) is 1.61. The molecule has 5 heteroatoms. The summed E-state index contributed by atoms with van der Waals surface area (Å²) in [7, 11) is 0. The van der Waals surface area contributed by atoms with Gasteiger partial charge in [-0.25, -0.2) is 9.97 Å². The van der Waals surface area contributed by atoms with Crippen LogP contribution >= 0.6 is 15.9 Å². The van der Waals surface area contributed by atoms with E-state index in [2.05, 4.69) is 43.9 Å². The molecule has 3 N–H and O–H groups in total. The molecule has 0 aliphatic heterocycles. The number of aromatic nitrogens is 3. The number of fused-ring (bicyclic) bond motifs is 1. The van der Waals surface area contributed by atoms with Crippen molar-refractivity contribution in [3.05, 3.63) is 40.5 Å². The lowest BCUT2D eigenvalue weighted by Crippen LogP contribution is -1.85. The van der Waals surface area contributed by atoms with Crippen LogP contribution in [0.1, 0.15) is 5.56 Å². The summed E-state index contributed by atoms with van der Waals surface area (Å²) in [5, 5.41) is 0. The molecule has 0 atom stereocenters. The molecule has 2 heterocycles. The molecule has 0 saturated carbocycles. The molecule has 0 amide bonds. The number of nitrogens with two attached hydrogens (primary N) is 1. The molecule has 0 aliphatic rings. The largest absolute Gasteiger partial charge is 0.397 e. The zero-order valence-electron chi connectivity index (χ0n) is 9.74. The van der Waals surface area contributed by atoms with Crippen molar-refractivity contribution in [2.24, 2.45) is 0 Å². The number of benzene rings is 1. The molecule has 0 fully saturated rings. The number of hydrogen-bond acceptors (Lipinski definition) is 3. The number of pyridine rings is 1. The number of imidazole rings is 1. The van der Waals surface area contributed by atoms with Crippen molar-refractivity contribution in [2.75, 3.05) is 5.73 Å². The first kappa shape index (κ1) is 11.2. The molecule has 0 unspecified atom stereocenters. The average Bonchev–Trinajstić information content (AvgIpc) is 2.71. The fraction of sp³-hybridized carbons (Fsp3) is 0.0769. The number of hydrogen-bond donors (Lipinski definition) is 2. The van der Waals surface area contributed by atoms with Crippen molar-refractivity contribution in [1.29, 1.82) is 0 Å². The molecule has 0 radical (unpaired) electrons. The first-order valence-electron chi connectivity index (χ1n) is 5.51. The van der Waals surface area contributed by atoms with Crippen molar-refractivity contribution in [1.82, 2.24) is 15.0 Å². The molecular weight excluding hydrogens is 292 g/mol. The van der Waals surface area contributed by atoms with E-state index in [1.165, 1.54) is 0 Å². The Morgan fingerprint density at radius 2 is 2.11 bits per heavy atom. The number of rotatable bonds is 1. The molecule has 1 aromatic carbocycles. The first-order valence-corrected chi connectivity index (χ1v) is 6.30. The fourth-order valence-electron chi connectivity index (χ4n) is 1.94. The van der Waals surface area contributed by atoms with E-state index in [0.717, 1.165) is 26.9 Å². The summed E-state index contributed by atoms with van der Waals surface area (Å²) in [5.41, 5.74) is 10.1. The minimum absolute atomic E-state index is 0.630. The Kier molecular flexibility index (Phi) is 2.56. The Morgan fingerprint density at radius 3 is 2.89 bits per heavy atom. The van der Waals surface area contributed by atoms with E-state index in [9.17, 15) is 0 Å². The summed E-state index contributed by atoms with van der Waals surface area (Å²) < 4.78 is 1.06. The number of nitrogens with zero attached hydrogens (tertiary/aromatic N) is 2. The van der Waals surface area contributed by atoms with Gasteiger partial charge in [0.2, 0.25) is 0 Å². The smallest absolute Gasteiger partial charge is 0.178 e. The monoisotopic (exact) mass is 302 g/mol. The summed E-state index contributed by atoms with van der Waals surface area (Å²) in [5.74, 6) is 0.813. The van der Waals surface area contributed by atoms with E-state index in [4.69, 9.17) is 5.73 Å². The predicted molar refractivity (Wildman–Crippen MR) is 76.2 cm³/mol. The SMILES string of the molecule is Cc1cc(Br)ccc1-c1nc2ncc(N)cc2[nH]1. The van der Waals surface area contributed by atoms with Crippen molar-refractivity contribution >= 4 is 32.8 Å². The molecule has 90 valence electrons. The number of nitrogen functional groups attached to an aromatic ring is 1. The third kappa shape index (κ3) is 1.86. The second-order valence-electron chi connectivity index (χ2n) is 4.18. The van der Waals surface area contributed by atoms with E-state index in [1.807, 2.05) is 18.2 Å². The maximum absolute atomic E-state index is 5.71. The van der Waals surface area contributed by atoms with Crippen molar-refractivity contribution in [3.8, 4) is 11.4 Å². The highest BCUT2D eigenvalue weighted by Crippen LogP contribution is 2.25. The molecule has 0 aliphatic carbocycles. The summed E-state index contributed by atoms with van der Waals surface area (Å²) in [4.78, 5) is 11.9. The van der Waals surface area contributed by atoms with Crippen LogP contribution in [0.3, 0.4) is 0 Å². The molecule has 2 aromatic heterocycles. The van der Waals surface area contributed by atoms with Crippen LogP contribution in [-0.4, -0.2) is 15.0 Å². The van der Waals surface area contributed by atoms with Gasteiger partial charge in [0, 0.05) is 10.0 Å². The van der Waals surface area contributed by atoms with Crippen molar-refractivity contribution in [2.45, 2.75) is 6.92 Å². The van der Waals surface area contributed by atoms with Crippen molar-refractivity contribution in [3.63, 3.8) is 0 Å². The number of aryl methyl sites for hydroxylation is 1. The summed E-state index contributed by atoms with van der Waals surface area (Å²) >= 11 is 3.45. The van der Waals surface area contributed by atoms with Crippen molar-refractivity contribution < 1.29 is 0 Å². The van der Waals surface area contributed by atoms with Crippen LogP contribution in [-0.2, 0) is 0 Å². The highest BCUT2D eigenvalue weighted by atomic mass is 79.9. The molecule has 3 aromatic rings. The Labute approximate surface area is 112 Å². The van der Waals surface area contributed by atoms with E-state index >= 15 is 0 Å². The van der Waals surface area contributed by atoms with Gasteiger partial charge in [-0.15, -0.1) is 0 Å². The van der Waals surface area contributed by atoms with Gasteiger partial charge in [0.05, 0.1) is 17.4 Å². The number of nitrogens with one attached hydrogen (secondary N) is 1. The van der Waals surface area contributed by atoms with Gasteiger partial charge in [0.1, 0.15) is 5.82 Å². The van der Waals surface area contributed by atoms with Gasteiger partial charge in [-0.3, -0.25) is 0 Å². The van der Waals surface area contributed by atoms with Crippen LogP contribution < -0.4 is 5.73 Å². The van der Waals surface area contributed by atoms with E-state index < -0.39 is 0 Å². The Bertz CT molecular complexity index is 733. The van der Waals surface area contributed by atoms with E-state index in [-0.39, 0.29) is 0 Å². The molecule has 3 rings (SSSR count). The lowest BCUT2D eigenvalue weighted by molar-refractivity contribution is 1.28. The second-order valence-corrected chi connectivity index (χ2v) is 5.10. The minimum atomic E-state index is 0.630. The number of halogens is 1. The normalized spacial score (nSPS) is 11.0. The van der Waals surface area contributed by atoms with E-state index in [1.54, 1.807) is 6.20 Å². The second kappa shape index (κ2) is 4.10. The van der Waals surface area contributed by atoms with E-state index in [0.29, 0.717) is 11.3 Å². The number of H-pyrrole nitrogens is 1. The third-order valence-electron chi connectivity index (χ3n) is 2.80. The molecule has 18 heavy (non-hydrogen) atoms. The zero-order valence-corrected chi connectivity index (χ0v) is 11.3. The van der Waals surface area contributed by atoms with Gasteiger partial charge in [0.25, 0.3) is 0 Å². The lowest BCUT2D eigenvalue weighted by atomic mass is 10.1. The third-order valence-corrected chi connectivity index (χ3v) is 3.30. The predicted octanol–water partition coefficient (Wildman–Crippen LogP) is 3.28. The Hall–Kier alpha value is -1.88. The summed E-state index contributed by atoms with van der Waals surface area (Å²) in [6.45, 7) is 2.05. The maximum atomic E-state index is 5.71. The highest BCUT2D eigenvalue weighted by molar-refractivity contribution is 9.10. The molecule has 0 saturated heterocycles. The van der Waals surface area contributed by atoms with Crippen LogP contribution in [0.4, 0.5) is 5.69 Å². The number of aromatic amines is 1. The fourth-order valence-corrected chi connectivity index (χ4v) is 2.41. The van der Waals surface area contributed by atoms with Gasteiger partial charge < -0.3 is 10.7 Å². The van der Waals surface area contributed by atoms with Crippen LogP contribution in [0.2, 0.25) is 0 Å². The zero-order chi connectivity index (χ0) is 12.7. The molecular formula is C13H11BrN4. The average molecular weight is 303 g/mol. The van der Waals surface area contributed by atoms with Gasteiger partial charge in [-0.05, 0) is 36.8 Å². The topological polar surface area (TPSA) is 67.6 Å². The number of anilines is 1. The van der Waals surface area contributed by atoms with Crippen LogP contribution in [0.15, 0.2) is 34.9 Å². The van der Waals surface area contributed by atoms with Gasteiger partial charge in [-0.2, -0.15) is 0 Å². The Morgan fingerprint density at radius 1 is 1.28 bits per heavy atom. The highest BCUT2D eigenvalue weighted by Gasteiger charge is 2.08. The Balaban J connectivity index is 2.19. The van der Waals surface area contributed by atoms with Gasteiger partial charge >= 0.3 is 0 Å². The summed E-state index contributed by atoms with van der Waals surface area (Å²) in [6, 6.07) is 7.93. The van der Waals surface area contributed by atoms with Crippen LogP contribution in [0, 0.1) is 6.92 Å². The van der Waals surface area contributed by atoms with Gasteiger partial charge in [-0.1, -0.05) is 15.9 Å². The van der Waals surface area contributed by atoms with Crippen LogP contribution in [0.25, 0.3) is 22.6 Å². The molecule has 4 nitrogen and oxygen atoms in total. The minimum Gasteiger partial charge on any atom is -0.397 e. The maximum Gasteiger partial charge on any atom is 0.178 e. The van der Waals surface area contributed by atoms with Gasteiger partial charge in [0.15, 0.2) is 5.65 Å². The quantitative estimate of drug-likeness (QED) is 0.725. The first-order chi connectivity index (χ1) is 8.63. The molecule has 0 spiro atoms.